The first-order valence-corrected chi connectivity index (χ1v) is 11.3. The maximum atomic E-state index is 12.7. The van der Waals surface area contributed by atoms with E-state index < -0.39 is 0 Å². The van der Waals surface area contributed by atoms with Gasteiger partial charge in [0.05, 0.1) is 4.91 Å². The van der Waals surface area contributed by atoms with Gasteiger partial charge in [-0.05, 0) is 43.0 Å². The first-order valence-electron chi connectivity index (χ1n) is 10.0. The number of carbonyl (C=O) groups is 2. The molecule has 1 aromatic carbocycles. The largest absolute Gasteiger partial charge is 0.454 e. The van der Waals surface area contributed by atoms with Gasteiger partial charge in [0.1, 0.15) is 4.32 Å². The van der Waals surface area contributed by atoms with Crippen LogP contribution in [0.15, 0.2) is 23.1 Å². The average molecular weight is 433 g/mol. The number of nitrogens with zero attached hydrogens (tertiary/aromatic N) is 1. The number of thioether (sulfide) groups is 1. The first kappa shape index (κ1) is 20.2. The minimum absolute atomic E-state index is 0.0678. The van der Waals surface area contributed by atoms with Crippen LogP contribution in [-0.4, -0.2) is 40.4 Å². The zero-order valence-electron chi connectivity index (χ0n) is 16.1. The number of thiocarbonyl (C=S) groups is 1. The number of carbonyl (C=O) groups excluding carboxylic acids is 2. The van der Waals surface area contributed by atoms with Crippen LogP contribution >= 0.6 is 24.0 Å². The SMILES string of the molecule is O=C(CCCN1C(=O)/C(=C/c2ccc3c(c2)OCO3)SC1=S)NC1CCCCC1. The summed E-state index contributed by atoms with van der Waals surface area (Å²) in [5.74, 6) is 1.35. The molecule has 0 atom stereocenters. The third-order valence-corrected chi connectivity index (χ3v) is 6.70. The van der Waals surface area contributed by atoms with Gasteiger partial charge in [0.25, 0.3) is 5.91 Å². The molecule has 0 bridgehead atoms. The molecular weight excluding hydrogens is 408 g/mol. The van der Waals surface area contributed by atoms with Crippen LogP contribution in [0.5, 0.6) is 11.5 Å². The summed E-state index contributed by atoms with van der Waals surface area (Å²) in [5, 5.41) is 3.11. The number of benzene rings is 1. The first-order chi connectivity index (χ1) is 14.1. The van der Waals surface area contributed by atoms with Crippen LogP contribution in [0.4, 0.5) is 0 Å². The van der Waals surface area contributed by atoms with Gasteiger partial charge in [-0.1, -0.05) is 49.3 Å². The van der Waals surface area contributed by atoms with Crippen LogP contribution in [-0.2, 0) is 9.59 Å². The molecule has 4 rings (SSSR count). The average Bonchev–Trinajstić information content (AvgIpc) is 3.28. The van der Waals surface area contributed by atoms with Gasteiger partial charge in [0, 0.05) is 19.0 Å². The maximum absolute atomic E-state index is 12.7. The zero-order chi connectivity index (χ0) is 20.2. The van der Waals surface area contributed by atoms with Crippen LogP contribution in [0, 0.1) is 0 Å². The number of rotatable bonds is 6. The van der Waals surface area contributed by atoms with Crippen molar-refractivity contribution in [2.75, 3.05) is 13.3 Å². The van der Waals surface area contributed by atoms with Gasteiger partial charge >= 0.3 is 0 Å². The Hall–Kier alpha value is -2.06. The number of nitrogens with one attached hydrogen (secondary N) is 1. The van der Waals surface area contributed by atoms with Crippen LogP contribution in [0.1, 0.15) is 50.5 Å². The van der Waals surface area contributed by atoms with Crippen molar-refractivity contribution in [2.24, 2.45) is 0 Å². The van der Waals surface area contributed by atoms with Crippen LogP contribution in [0.2, 0.25) is 0 Å². The van der Waals surface area contributed by atoms with Crippen molar-refractivity contribution >= 4 is 46.2 Å². The fourth-order valence-corrected chi connectivity index (χ4v) is 5.10. The molecule has 0 unspecified atom stereocenters. The van der Waals surface area contributed by atoms with Gasteiger partial charge < -0.3 is 14.8 Å². The minimum Gasteiger partial charge on any atom is -0.454 e. The second-order valence-electron chi connectivity index (χ2n) is 7.45. The Morgan fingerprint density at radius 2 is 2.03 bits per heavy atom. The minimum atomic E-state index is -0.106. The van der Waals surface area contributed by atoms with Crippen molar-refractivity contribution in [1.82, 2.24) is 10.2 Å². The molecule has 2 fully saturated rings. The summed E-state index contributed by atoms with van der Waals surface area (Å²) in [5.41, 5.74) is 0.863. The van der Waals surface area contributed by atoms with Crippen LogP contribution in [0.25, 0.3) is 6.08 Å². The van der Waals surface area contributed by atoms with E-state index in [2.05, 4.69) is 5.32 Å². The number of hydrogen-bond donors (Lipinski definition) is 1. The Balaban J connectivity index is 1.29. The third kappa shape index (κ3) is 4.93. The number of ether oxygens (including phenoxy) is 2. The lowest BCUT2D eigenvalue weighted by atomic mass is 9.95. The van der Waals surface area contributed by atoms with Crippen molar-refractivity contribution in [3.05, 3.63) is 28.7 Å². The molecular formula is C21H24N2O4S2. The molecule has 0 radical (unpaired) electrons. The van der Waals surface area contributed by atoms with E-state index in [0.29, 0.717) is 46.2 Å². The highest BCUT2D eigenvalue weighted by Crippen LogP contribution is 2.36. The molecule has 0 spiro atoms. The molecule has 0 aromatic heterocycles. The molecule has 2 heterocycles. The fraction of sp³-hybridized carbons (Fsp3) is 0.476. The van der Waals surface area contributed by atoms with E-state index in [4.69, 9.17) is 21.7 Å². The monoisotopic (exact) mass is 432 g/mol. The van der Waals surface area contributed by atoms with E-state index in [-0.39, 0.29) is 18.6 Å². The quantitative estimate of drug-likeness (QED) is 0.544. The lowest BCUT2D eigenvalue weighted by Gasteiger charge is -2.23. The van der Waals surface area contributed by atoms with Crippen LogP contribution in [0.3, 0.4) is 0 Å². The normalized spacial score (nSPS) is 20.6. The summed E-state index contributed by atoms with van der Waals surface area (Å²) < 4.78 is 11.2. The molecule has 6 nitrogen and oxygen atoms in total. The highest BCUT2D eigenvalue weighted by atomic mass is 32.2. The Bertz CT molecular complexity index is 849. The zero-order valence-corrected chi connectivity index (χ0v) is 17.8. The van der Waals surface area contributed by atoms with Crippen molar-refractivity contribution in [3.63, 3.8) is 0 Å². The Kier molecular flexibility index (Phi) is 6.40. The van der Waals surface area contributed by atoms with E-state index in [1.54, 1.807) is 4.90 Å². The van der Waals surface area contributed by atoms with Gasteiger partial charge in [-0.3, -0.25) is 14.5 Å². The fourth-order valence-electron chi connectivity index (χ4n) is 3.79. The van der Waals surface area contributed by atoms with E-state index in [1.807, 2.05) is 24.3 Å². The summed E-state index contributed by atoms with van der Waals surface area (Å²) in [6.07, 6.45) is 8.62. The number of amides is 2. The number of hydrogen-bond acceptors (Lipinski definition) is 6. The van der Waals surface area contributed by atoms with E-state index >= 15 is 0 Å². The molecule has 1 aliphatic carbocycles. The lowest BCUT2D eigenvalue weighted by molar-refractivity contribution is -0.124. The summed E-state index contributed by atoms with van der Waals surface area (Å²) in [6, 6.07) is 5.89. The molecule has 29 heavy (non-hydrogen) atoms. The van der Waals surface area contributed by atoms with Gasteiger partial charge in [-0.15, -0.1) is 0 Å². The molecule has 2 aliphatic heterocycles. The van der Waals surface area contributed by atoms with Crippen LogP contribution < -0.4 is 14.8 Å². The number of fused-ring (bicyclic) bond motifs is 1. The highest BCUT2D eigenvalue weighted by Gasteiger charge is 2.31. The lowest BCUT2D eigenvalue weighted by Crippen LogP contribution is -2.36. The van der Waals surface area contributed by atoms with Gasteiger partial charge in [0.2, 0.25) is 12.7 Å². The summed E-state index contributed by atoms with van der Waals surface area (Å²) in [6.45, 7) is 0.677. The molecule has 2 amide bonds. The van der Waals surface area contributed by atoms with Crippen molar-refractivity contribution < 1.29 is 19.1 Å². The van der Waals surface area contributed by atoms with E-state index in [1.165, 1.54) is 31.0 Å². The standard InChI is InChI=1S/C21H24N2O4S2/c24-19(22-15-5-2-1-3-6-15)7-4-10-23-20(25)18(29-21(23)28)12-14-8-9-16-17(11-14)27-13-26-16/h8-9,11-12,15H,1-7,10,13H2,(H,22,24)/b18-12-. The maximum Gasteiger partial charge on any atom is 0.266 e. The van der Waals surface area contributed by atoms with Gasteiger partial charge in [-0.25, -0.2) is 0 Å². The second-order valence-corrected chi connectivity index (χ2v) is 9.13. The molecule has 1 aromatic rings. The highest BCUT2D eigenvalue weighted by molar-refractivity contribution is 8.26. The topological polar surface area (TPSA) is 67.9 Å². The summed E-state index contributed by atoms with van der Waals surface area (Å²) in [4.78, 5) is 27.1. The molecule has 1 N–H and O–H groups in total. The van der Waals surface area contributed by atoms with Gasteiger partial charge in [-0.2, -0.15) is 0 Å². The summed E-state index contributed by atoms with van der Waals surface area (Å²) in [7, 11) is 0. The second kappa shape index (κ2) is 9.17. The van der Waals surface area contributed by atoms with Crippen molar-refractivity contribution in [1.29, 1.82) is 0 Å². The smallest absolute Gasteiger partial charge is 0.266 e. The molecule has 1 saturated carbocycles. The third-order valence-electron chi connectivity index (χ3n) is 5.32. The predicted molar refractivity (Wildman–Crippen MR) is 117 cm³/mol. The Labute approximate surface area is 180 Å². The molecule has 1 saturated heterocycles. The Morgan fingerprint density at radius 3 is 2.86 bits per heavy atom. The summed E-state index contributed by atoms with van der Waals surface area (Å²) >= 11 is 6.68. The van der Waals surface area contributed by atoms with Crippen molar-refractivity contribution in [2.45, 2.75) is 51.0 Å². The van der Waals surface area contributed by atoms with Gasteiger partial charge in [0.15, 0.2) is 11.5 Å². The van der Waals surface area contributed by atoms with E-state index in [9.17, 15) is 9.59 Å². The van der Waals surface area contributed by atoms with E-state index in [0.717, 1.165) is 18.4 Å². The molecule has 8 heteroatoms. The van der Waals surface area contributed by atoms with Crippen molar-refractivity contribution in [3.8, 4) is 11.5 Å². The molecule has 3 aliphatic rings. The predicted octanol–water partition coefficient (Wildman–Crippen LogP) is 3.85. The Morgan fingerprint density at radius 1 is 1.24 bits per heavy atom. The molecule has 154 valence electrons.